The molecule has 0 fully saturated rings. The molecule has 0 aliphatic heterocycles. The highest BCUT2D eigenvalue weighted by Gasteiger charge is 2.22. The summed E-state index contributed by atoms with van der Waals surface area (Å²) in [6, 6.07) is 7.87. The van der Waals surface area contributed by atoms with Crippen molar-refractivity contribution in [3.63, 3.8) is 0 Å². The standard InChI is InChI=1S/C14H12BrN3OS/c1-7-13(20-8(2)17-7)12-11(14(16)19-18-12)9-5-3-4-6-10(9)15/h3-6H,16H2,1-2H3. The summed E-state index contributed by atoms with van der Waals surface area (Å²) in [6.45, 7) is 3.94. The molecule has 4 nitrogen and oxygen atoms in total. The second kappa shape index (κ2) is 5.03. The molecule has 0 saturated carbocycles. The Bertz CT molecular complexity index is 779. The Morgan fingerprint density at radius 1 is 1.25 bits per heavy atom. The van der Waals surface area contributed by atoms with Crippen molar-refractivity contribution in [1.82, 2.24) is 10.1 Å². The lowest BCUT2D eigenvalue weighted by atomic mass is 10.0. The first-order valence-electron chi connectivity index (χ1n) is 6.02. The highest BCUT2D eigenvalue weighted by Crippen LogP contribution is 2.42. The Balaban J connectivity index is 2.26. The quantitative estimate of drug-likeness (QED) is 0.743. The van der Waals surface area contributed by atoms with Crippen LogP contribution in [0.3, 0.4) is 0 Å². The van der Waals surface area contributed by atoms with Crippen LogP contribution in [0.4, 0.5) is 5.88 Å². The third-order valence-electron chi connectivity index (χ3n) is 2.98. The summed E-state index contributed by atoms with van der Waals surface area (Å²) >= 11 is 5.14. The zero-order valence-electron chi connectivity index (χ0n) is 11.0. The molecule has 2 aromatic heterocycles. The molecule has 1 aromatic carbocycles. The minimum Gasteiger partial charge on any atom is -0.367 e. The van der Waals surface area contributed by atoms with Crippen LogP contribution >= 0.6 is 27.3 Å². The van der Waals surface area contributed by atoms with Gasteiger partial charge in [0, 0.05) is 10.0 Å². The minimum absolute atomic E-state index is 0.317. The normalized spacial score (nSPS) is 10.9. The number of rotatable bonds is 2. The van der Waals surface area contributed by atoms with E-state index in [0.717, 1.165) is 36.9 Å². The summed E-state index contributed by atoms with van der Waals surface area (Å²) in [5.41, 5.74) is 9.43. The number of benzene rings is 1. The van der Waals surface area contributed by atoms with E-state index in [4.69, 9.17) is 10.3 Å². The van der Waals surface area contributed by atoms with Gasteiger partial charge < -0.3 is 10.3 Å². The van der Waals surface area contributed by atoms with Gasteiger partial charge in [0.2, 0.25) is 5.88 Å². The Kier molecular flexibility index (Phi) is 3.35. The molecule has 0 aliphatic carbocycles. The lowest BCUT2D eigenvalue weighted by Gasteiger charge is -2.04. The predicted molar refractivity (Wildman–Crippen MR) is 84.6 cm³/mol. The van der Waals surface area contributed by atoms with Crippen LogP contribution in [0.25, 0.3) is 21.7 Å². The van der Waals surface area contributed by atoms with Gasteiger partial charge in [0.25, 0.3) is 0 Å². The molecule has 0 bridgehead atoms. The maximum Gasteiger partial charge on any atom is 0.230 e. The number of aromatic nitrogens is 2. The van der Waals surface area contributed by atoms with Gasteiger partial charge in [-0.05, 0) is 19.9 Å². The first kappa shape index (κ1) is 13.3. The van der Waals surface area contributed by atoms with Crippen molar-refractivity contribution in [1.29, 1.82) is 0 Å². The van der Waals surface area contributed by atoms with Crippen LogP contribution in [0.5, 0.6) is 0 Å². The summed E-state index contributed by atoms with van der Waals surface area (Å²) in [4.78, 5) is 5.43. The lowest BCUT2D eigenvalue weighted by molar-refractivity contribution is 0.439. The second-order valence-electron chi connectivity index (χ2n) is 4.40. The monoisotopic (exact) mass is 349 g/mol. The van der Waals surface area contributed by atoms with Crippen LogP contribution in [-0.4, -0.2) is 10.1 Å². The van der Waals surface area contributed by atoms with E-state index in [1.165, 1.54) is 0 Å². The molecule has 3 aromatic rings. The fraction of sp³-hybridized carbons (Fsp3) is 0.143. The molecular weight excluding hydrogens is 338 g/mol. The first-order valence-corrected chi connectivity index (χ1v) is 7.63. The van der Waals surface area contributed by atoms with E-state index >= 15 is 0 Å². The van der Waals surface area contributed by atoms with Gasteiger partial charge in [0.05, 0.1) is 21.1 Å². The van der Waals surface area contributed by atoms with Crippen molar-refractivity contribution in [2.24, 2.45) is 0 Å². The topological polar surface area (TPSA) is 64.9 Å². The summed E-state index contributed by atoms with van der Waals surface area (Å²) in [7, 11) is 0. The summed E-state index contributed by atoms with van der Waals surface area (Å²) in [5.74, 6) is 0.317. The largest absolute Gasteiger partial charge is 0.367 e. The molecular formula is C14H12BrN3OS. The number of halogens is 1. The van der Waals surface area contributed by atoms with Crippen LogP contribution in [0.2, 0.25) is 0 Å². The zero-order chi connectivity index (χ0) is 14.3. The summed E-state index contributed by atoms with van der Waals surface area (Å²) < 4.78 is 6.16. The Hall–Kier alpha value is -1.66. The third kappa shape index (κ3) is 2.14. The molecule has 3 rings (SSSR count). The van der Waals surface area contributed by atoms with Crippen LogP contribution in [-0.2, 0) is 0 Å². The number of aryl methyl sites for hydroxylation is 2. The van der Waals surface area contributed by atoms with Gasteiger partial charge in [-0.2, -0.15) is 0 Å². The van der Waals surface area contributed by atoms with Crippen molar-refractivity contribution >= 4 is 33.2 Å². The number of nitrogens with two attached hydrogens (primary N) is 1. The first-order chi connectivity index (χ1) is 9.58. The van der Waals surface area contributed by atoms with Gasteiger partial charge in [0.1, 0.15) is 5.69 Å². The molecule has 2 N–H and O–H groups in total. The van der Waals surface area contributed by atoms with E-state index in [1.54, 1.807) is 11.3 Å². The van der Waals surface area contributed by atoms with Crippen LogP contribution in [0.15, 0.2) is 33.3 Å². The zero-order valence-corrected chi connectivity index (χ0v) is 13.4. The average Bonchev–Trinajstić information content (AvgIpc) is 2.93. The van der Waals surface area contributed by atoms with Gasteiger partial charge in [0.15, 0.2) is 0 Å². The van der Waals surface area contributed by atoms with Gasteiger partial charge in [-0.15, -0.1) is 11.3 Å². The van der Waals surface area contributed by atoms with E-state index in [0.29, 0.717) is 5.88 Å². The molecule has 0 unspecified atom stereocenters. The van der Waals surface area contributed by atoms with E-state index in [2.05, 4.69) is 26.1 Å². The number of hydrogen-bond acceptors (Lipinski definition) is 5. The molecule has 0 radical (unpaired) electrons. The maximum absolute atomic E-state index is 5.97. The third-order valence-corrected chi connectivity index (χ3v) is 4.75. The molecule has 20 heavy (non-hydrogen) atoms. The SMILES string of the molecule is Cc1nc(C)c(-c2noc(N)c2-c2ccccc2Br)s1. The molecule has 6 heteroatoms. The number of nitrogens with zero attached hydrogens (tertiary/aromatic N) is 2. The maximum atomic E-state index is 5.97. The Morgan fingerprint density at radius 2 is 2.00 bits per heavy atom. The molecule has 0 saturated heterocycles. The summed E-state index contributed by atoms with van der Waals surface area (Å²) in [6.07, 6.45) is 0. The van der Waals surface area contributed by atoms with Crippen molar-refractivity contribution < 1.29 is 4.52 Å². The summed E-state index contributed by atoms with van der Waals surface area (Å²) in [5, 5.41) is 5.12. The number of hydrogen-bond donors (Lipinski definition) is 1. The molecule has 0 spiro atoms. The van der Waals surface area contributed by atoms with Gasteiger partial charge >= 0.3 is 0 Å². The molecule has 102 valence electrons. The van der Waals surface area contributed by atoms with Crippen molar-refractivity contribution in [2.75, 3.05) is 5.73 Å². The van der Waals surface area contributed by atoms with Crippen molar-refractivity contribution in [2.45, 2.75) is 13.8 Å². The highest BCUT2D eigenvalue weighted by molar-refractivity contribution is 9.10. The van der Waals surface area contributed by atoms with E-state index in [-0.39, 0.29) is 0 Å². The molecule has 0 amide bonds. The fourth-order valence-corrected chi connectivity index (χ4v) is 3.52. The highest BCUT2D eigenvalue weighted by atomic mass is 79.9. The minimum atomic E-state index is 0.317. The van der Waals surface area contributed by atoms with E-state index in [1.807, 2.05) is 38.1 Å². The molecule has 2 heterocycles. The van der Waals surface area contributed by atoms with Crippen LogP contribution in [0.1, 0.15) is 10.7 Å². The second-order valence-corrected chi connectivity index (χ2v) is 6.46. The number of nitrogen functional groups attached to an aromatic ring is 1. The van der Waals surface area contributed by atoms with Crippen LogP contribution < -0.4 is 5.73 Å². The van der Waals surface area contributed by atoms with E-state index in [9.17, 15) is 0 Å². The lowest BCUT2D eigenvalue weighted by Crippen LogP contribution is -1.88. The van der Waals surface area contributed by atoms with Gasteiger partial charge in [-0.25, -0.2) is 4.98 Å². The number of anilines is 1. The Labute approximate surface area is 128 Å². The van der Waals surface area contributed by atoms with Gasteiger partial charge in [-0.3, -0.25) is 0 Å². The van der Waals surface area contributed by atoms with Gasteiger partial charge in [-0.1, -0.05) is 39.3 Å². The van der Waals surface area contributed by atoms with Crippen LogP contribution in [0, 0.1) is 13.8 Å². The molecule has 0 aliphatic rings. The number of thiazole rings is 1. The average molecular weight is 350 g/mol. The van der Waals surface area contributed by atoms with Crippen molar-refractivity contribution in [3.05, 3.63) is 39.4 Å². The molecule has 0 atom stereocenters. The van der Waals surface area contributed by atoms with Crippen molar-refractivity contribution in [3.8, 4) is 21.7 Å². The fourth-order valence-electron chi connectivity index (χ4n) is 2.13. The smallest absolute Gasteiger partial charge is 0.230 e. The van der Waals surface area contributed by atoms with E-state index < -0.39 is 0 Å². The Morgan fingerprint density at radius 3 is 2.65 bits per heavy atom. The predicted octanol–water partition coefficient (Wildman–Crippen LogP) is 4.43.